The predicted molar refractivity (Wildman–Crippen MR) is 78.5 cm³/mol. The Morgan fingerprint density at radius 1 is 1.00 bits per heavy atom. The van der Waals surface area contributed by atoms with E-state index in [0.29, 0.717) is 11.5 Å². The molecular weight excluding hydrogens is 300 g/mol. The molecule has 0 unspecified atom stereocenters. The van der Waals surface area contributed by atoms with E-state index in [2.05, 4.69) is 0 Å². The maximum absolute atomic E-state index is 11.1. The van der Waals surface area contributed by atoms with Gasteiger partial charge >= 0.3 is 0 Å². The van der Waals surface area contributed by atoms with Crippen LogP contribution >= 0.6 is 0 Å². The van der Waals surface area contributed by atoms with Crippen LogP contribution in [0.3, 0.4) is 0 Å². The fourth-order valence-corrected chi connectivity index (χ4v) is 5.49. The van der Waals surface area contributed by atoms with Crippen LogP contribution in [0.1, 0.15) is 18.4 Å². The van der Waals surface area contributed by atoms with Crippen LogP contribution in [0, 0.1) is 55.7 Å². The van der Waals surface area contributed by atoms with E-state index in [-0.39, 0.29) is 24.1 Å². The van der Waals surface area contributed by atoms with E-state index in [0.717, 1.165) is 42.1 Å². The van der Waals surface area contributed by atoms with Crippen LogP contribution in [0.4, 0.5) is 11.4 Å². The zero-order valence-electron chi connectivity index (χ0n) is 12.3. The van der Waals surface area contributed by atoms with Gasteiger partial charge in [0.25, 0.3) is 11.4 Å². The molecule has 7 atom stereocenters. The summed E-state index contributed by atoms with van der Waals surface area (Å²) in [5.74, 6) is 5.27. The number of rotatable bonds is 5. The molecule has 0 bridgehead atoms. The SMILES string of the molecule is O=[N+]([O-])c1ccc(CO[C@@H]2C[C@@H]3[C@H]4[C@H]5C[C@@H]5[C@@H]4[C@@H]32)c([N+](=O)[O-])c1. The number of ether oxygens (including phenoxy) is 1. The molecule has 7 nitrogen and oxygen atoms in total. The third-order valence-corrected chi connectivity index (χ3v) is 6.62. The third-order valence-electron chi connectivity index (χ3n) is 6.62. The molecule has 0 aliphatic heterocycles. The fourth-order valence-electron chi connectivity index (χ4n) is 5.49. The van der Waals surface area contributed by atoms with Gasteiger partial charge in [-0.15, -0.1) is 0 Å². The minimum atomic E-state index is -0.620. The second-order valence-corrected chi connectivity index (χ2v) is 7.37. The summed E-state index contributed by atoms with van der Waals surface area (Å²) < 4.78 is 5.93. The van der Waals surface area contributed by atoms with Gasteiger partial charge in [-0.3, -0.25) is 20.2 Å². The minimum Gasteiger partial charge on any atom is -0.373 e. The van der Waals surface area contributed by atoms with Crippen molar-refractivity contribution in [2.75, 3.05) is 0 Å². The molecule has 0 saturated heterocycles. The summed E-state index contributed by atoms with van der Waals surface area (Å²) in [6, 6.07) is 3.76. The highest BCUT2D eigenvalue weighted by atomic mass is 16.6. The van der Waals surface area contributed by atoms with Gasteiger partial charge in [0.15, 0.2) is 0 Å². The van der Waals surface area contributed by atoms with Crippen molar-refractivity contribution in [3.05, 3.63) is 44.0 Å². The molecule has 0 N–H and O–H groups in total. The van der Waals surface area contributed by atoms with Crippen LogP contribution in [0.15, 0.2) is 18.2 Å². The summed E-state index contributed by atoms with van der Waals surface area (Å²) >= 11 is 0. The lowest BCUT2D eigenvalue weighted by Gasteiger charge is -2.68. The highest BCUT2D eigenvalue weighted by molar-refractivity contribution is 5.48. The van der Waals surface area contributed by atoms with Crippen LogP contribution in [-0.2, 0) is 11.3 Å². The summed E-state index contributed by atoms with van der Waals surface area (Å²) in [5.41, 5.74) is -0.0782. The zero-order valence-corrected chi connectivity index (χ0v) is 12.3. The van der Waals surface area contributed by atoms with Crippen molar-refractivity contribution in [2.45, 2.75) is 25.6 Å². The lowest BCUT2D eigenvalue weighted by atomic mass is 9.38. The molecule has 0 spiro atoms. The zero-order chi connectivity index (χ0) is 15.9. The van der Waals surface area contributed by atoms with Gasteiger partial charge in [-0.05, 0) is 54.4 Å². The number of non-ortho nitro benzene ring substituents is 1. The Balaban J connectivity index is 1.27. The molecule has 4 aliphatic carbocycles. The lowest BCUT2D eigenvalue weighted by molar-refractivity contribution is -0.394. The first kappa shape index (κ1) is 13.4. The Morgan fingerprint density at radius 3 is 2.52 bits per heavy atom. The van der Waals surface area contributed by atoms with Gasteiger partial charge in [-0.2, -0.15) is 0 Å². The smallest absolute Gasteiger partial charge is 0.281 e. The second kappa shape index (κ2) is 4.29. The maximum atomic E-state index is 11.1. The summed E-state index contributed by atoms with van der Waals surface area (Å²) in [5, 5.41) is 21.9. The van der Waals surface area contributed by atoms with Crippen molar-refractivity contribution in [2.24, 2.45) is 35.5 Å². The molecule has 5 rings (SSSR count). The number of hydrogen-bond acceptors (Lipinski definition) is 5. The maximum Gasteiger partial charge on any atom is 0.281 e. The highest BCUT2D eigenvalue weighted by Gasteiger charge is 2.77. The Bertz CT molecular complexity index is 735. The van der Waals surface area contributed by atoms with E-state index >= 15 is 0 Å². The Morgan fingerprint density at radius 2 is 1.78 bits per heavy atom. The average Bonchev–Trinajstić information content (AvgIpc) is 3.20. The van der Waals surface area contributed by atoms with Gasteiger partial charge in [-0.25, -0.2) is 0 Å². The molecule has 1 aromatic carbocycles. The van der Waals surface area contributed by atoms with Crippen molar-refractivity contribution in [3.8, 4) is 0 Å². The third kappa shape index (κ3) is 1.68. The van der Waals surface area contributed by atoms with Gasteiger partial charge in [0.1, 0.15) is 0 Å². The number of nitrogens with zero attached hydrogens (tertiary/aromatic N) is 2. The summed E-state index contributed by atoms with van der Waals surface area (Å²) in [4.78, 5) is 20.7. The fraction of sp³-hybridized carbons (Fsp3) is 0.625. The minimum absolute atomic E-state index is 0.160. The normalized spacial score (nSPS) is 41.3. The standard InChI is InChI=1S/C16H16N2O5/c19-17(20)8-2-1-7(12(3-8)18(21)22)6-23-13-5-11-14-9-4-10(9)16(14)15(11)13/h1-3,9-11,13-16H,4-6H2/t9-,10-,11+,13+,14+,15-,16-/m0/s1. The molecule has 0 aromatic heterocycles. The van der Waals surface area contributed by atoms with Crippen LogP contribution < -0.4 is 0 Å². The van der Waals surface area contributed by atoms with E-state index in [1.54, 1.807) is 0 Å². The van der Waals surface area contributed by atoms with Crippen LogP contribution in [0.25, 0.3) is 0 Å². The first-order valence-electron chi connectivity index (χ1n) is 8.09. The van der Waals surface area contributed by atoms with E-state index in [1.165, 1.54) is 18.6 Å². The van der Waals surface area contributed by atoms with Crippen LogP contribution in [0.2, 0.25) is 0 Å². The number of nitro benzene ring substituents is 2. The molecule has 0 amide bonds. The quantitative estimate of drug-likeness (QED) is 0.614. The molecule has 23 heavy (non-hydrogen) atoms. The van der Waals surface area contributed by atoms with Gasteiger partial charge in [-0.1, -0.05) is 0 Å². The van der Waals surface area contributed by atoms with E-state index < -0.39 is 9.85 Å². The number of nitro groups is 2. The largest absolute Gasteiger partial charge is 0.373 e. The Hall–Kier alpha value is -2.02. The first-order chi connectivity index (χ1) is 11.1. The van der Waals surface area contributed by atoms with Gasteiger partial charge < -0.3 is 4.74 Å². The molecule has 0 heterocycles. The molecule has 0 radical (unpaired) electrons. The molecule has 4 fully saturated rings. The number of benzene rings is 1. The van der Waals surface area contributed by atoms with E-state index in [1.807, 2.05) is 0 Å². The number of hydrogen-bond donors (Lipinski definition) is 0. The van der Waals surface area contributed by atoms with Gasteiger partial charge in [0.2, 0.25) is 0 Å². The Labute approximate surface area is 131 Å². The first-order valence-corrected chi connectivity index (χ1v) is 8.09. The van der Waals surface area contributed by atoms with Crippen molar-refractivity contribution >= 4 is 11.4 Å². The molecule has 7 heteroatoms. The monoisotopic (exact) mass is 316 g/mol. The number of fused-ring (bicyclic) bond motifs is 7. The predicted octanol–water partition coefficient (Wildman–Crippen LogP) is 2.92. The van der Waals surface area contributed by atoms with E-state index in [4.69, 9.17) is 4.74 Å². The molecular formula is C16H16N2O5. The van der Waals surface area contributed by atoms with Crippen molar-refractivity contribution in [1.82, 2.24) is 0 Å². The van der Waals surface area contributed by atoms with Gasteiger partial charge in [0, 0.05) is 6.07 Å². The molecule has 1 aromatic rings. The van der Waals surface area contributed by atoms with Crippen molar-refractivity contribution < 1.29 is 14.6 Å². The molecule has 4 saturated carbocycles. The highest BCUT2D eigenvalue weighted by Crippen LogP contribution is 2.81. The molecule has 120 valence electrons. The van der Waals surface area contributed by atoms with Crippen LogP contribution in [-0.4, -0.2) is 16.0 Å². The average molecular weight is 316 g/mol. The summed E-state index contributed by atoms with van der Waals surface area (Å²) in [6.45, 7) is 0.160. The topological polar surface area (TPSA) is 95.5 Å². The van der Waals surface area contributed by atoms with E-state index in [9.17, 15) is 20.2 Å². The summed E-state index contributed by atoms with van der Waals surface area (Å²) in [7, 11) is 0. The Kier molecular flexibility index (Phi) is 2.50. The van der Waals surface area contributed by atoms with Crippen molar-refractivity contribution in [1.29, 1.82) is 0 Å². The lowest BCUT2D eigenvalue weighted by Crippen LogP contribution is -2.67. The summed E-state index contributed by atoms with van der Waals surface area (Å²) in [6.07, 6.45) is 2.70. The molecule has 4 aliphatic rings. The van der Waals surface area contributed by atoms with Crippen LogP contribution in [0.5, 0.6) is 0 Å². The van der Waals surface area contributed by atoms with Gasteiger partial charge in [0.05, 0.1) is 34.2 Å². The van der Waals surface area contributed by atoms with Crippen molar-refractivity contribution in [3.63, 3.8) is 0 Å². The second-order valence-electron chi connectivity index (χ2n) is 7.37.